The Bertz CT molecular complexity index is 673. The molecule has 1 fully saturated rings. The molecule has 0 aliphatic carbocycles. The zero-order valence-electron chi connectivity index (χ0n) is 11.2. The molecule has 20 heavy (non-hydrogen) atoms. The summed E-state index contributed by atoms with van der Waals surface area (Å²) in [5, 5.41) is 0.707. The maximum atomic E-state index is 6.12. The first-order chi connectivity index (χ1) is 9.72. The molecule has 1 aromatic heterocycles. The molecular formula is C16H15ClN2O. The van der Waals surface area contributed by atoms with Crippen LogP contribution >= 0.6 is 11.6 Å². The largest absolute Gasteiger partial charge is 0.455 e. The molecule has 4 heteroatoms. The first-order valence-corrected chi connectivity index (χ1v) is 7.21. The highest BCUT2D eigenvalue weighted by molar-refractivity contribution is 6.30. The van der Waals surface area contributed by atoms with Crippen LogP contribution in [0.4, 0.5) is 0 Å². The zero-order chi connectivity index (χ0) is 13.7. The summed E-state index contributed by atoms with van der Waals surface area (Å²) in [5.41, 5.74) is 2.30. The molecule has 2 aliphatic heterocycles. The van der Waals surface area contributed by atoms with Crippen molar-refractivity contribution >= 4 is 11.6 Å². The van der Waals surface area contributed by atoms with Crippen molar-refractivity contribution in [3.63, 3.8) is 0 Å². The number of pyridine rings is 1. The van der Waals surface area contributed by atoms with Gasteiger partial charge in [0.2, 0.25) is 0 Å². The van der Waals surface area contributed by atoms with E-state index in [0.29, 0.717) is 16.9 Å². The van der Waals surface area contributed by atoms with Gasteiger partial charge in [-0.3, -0.25) is 4.98 Å². The average molecular weight is 287 g/mol. The molecule has 0 bridgehead atoms. The van der Waals surface area contributed by atoms with Gasteiger partial charge >= 0.3 is 0 Å². The van der Waals surface area contributed by atoms with Crippen molar-refractivity contribution in [3.05, 3.63) is 52.8 Å². The summed E-state index contributed by atoms with van der Waals surface area (Å²) in [6, 6.07) is 9.87. The highest BCUT2D eigenvalue weighted by atomic mass is 35.5. The van der Waals surface area contributed by atoms with Gasteiger partial charge in [-0.25, -0.2) is 0 Å². The quantitative estimate of drug-likeness (QED) is 0.739. The fourth-order valence-electron chi connectivity index (χ4n) is 3.38. The maximum Gasteiger partial charge on any atom is 0.149 e. The summed E-state index contributed by atoms with van der Waals surface area (Å²) < 4.78 is 6.09. The third-order valence-corrected chi connectivity index (χ3v) is 4.48. The van der Waals surface area contributed by atoms with Gasteiger partial charge in [0.05, 0.1) is 5.69 Å². The number of ether oxygens (including phenoxy) is 1. The summed E-state index contributed by atoms with van der Waals surface area (Å²) in [4.78, 5) is 6.94. The summed E-state index contributed by atoms with van der Waals surface area (Å²) in [5.74, 6) is 2.54. The van der Waals surface area contributed by atoms with Crippen molar-refractivity contribution in [2.75, 3.05) is 20.1 Å². The van der Waals surface area contributed by atoms with Crippen LogP contribution in [0.5, 0.6) is 11.5 Å². The van der Waals surface area contributed by atoms with Crippen LogP contribution in [0.3, 0.4) is 0 Å². The second kappa shape index (κ2) is 4.47. The van der Waals surface area contributed by atoms with Crippen LogP contribution in [0.1, 0.15) is 23.1 Å². The van der Waals surface area contributed by atoms with Gasteiger partial charge in [0.15, 0.2) is 0 Å². The van der Waals surface area contributed by atoms with Crippen LogP contribution in [0.15, 0.2) is 36.5 Å². The van der Waals surface area contributed by atoms with Gasteiger partial charge in [-0.15, -0.1) is 0 Å². The average Bonchev–Trinajstić information content (AvgIpc) is 2.76. The van der Waals surface area contributed by atoms with E-state index in [1.807, 2.05) is 30.5 Å². The van der Waals surface area contributed by atoms with E-state index in [1.165, 1.54) is 5.56 Å². The van der Waals surface area contributed by atoms with E-state index in [-0.39, 0.29) is 0 Å². The lowest BCUT2D eigenvalue weighted by atomic mass is 9.86. The normalized spacial score (nSPS) is 24.3. The molecule has 3 heterocycles. The lowest BCUT2D eigenvalue weighted by molar-refractivity contribution is 0.400. The number of rotatable bonds is 0. The van der Waals surface area contributed by atoms with E-state index in [9.17, 15) is 0 Å². The highest BCUT2D eigenvalue weighted by Crippen LogP contribution is 2.48. The molecule has 4 rings (SSSR count). The Hall–Kier alpha value is -1.58. The molecule has 102 valence electrons. The third-order valence-electron chi connectivity index (χ3n) is 4.25. The number of hydrogen-bond donors (Lipinski definition) is 0. The van der Waals surface area contributed by atoms with E-state index in [4.69, 9.17) is 16.3 Å². The molecule has 2 aromatic rings. The second-order valence-corrected chi connectivity index (χ2v) is 6.04. The first kappa shape index (κ1) is 12.2. The lowest BCUT2D eigenvalue weighted by Gasteiger charge is -2.16. The second-order valence-electron chi connectivity index (χ2n) is 5.61. The minimum Gasteiger partial charge on any atom is -0.455 e. The molecule has 0 spiro atoms. The summed E-state index contributed by atoms with van der Waals surface area (Å²) in [6.45, 7) is 2.04. The van der Waals surface area contributed by atoms with Crippen LogP contribution < -0.4 is 4.74 Å². The number of nitrogens with zero attached hydrogens (tertiary/aromatic N) is 2. The highest BCUT2D eigenvalue weighted by Gasteiger charge is 2.39. The van der Waals surface area contributed by atoms with Gasteiger partial charge in [-0.1, -0.05) is 17.7 Å². The van der Waals surface area contributed by atoms with Gasteiger partial charge < -0.3 is 9.64 Å². The van der Waals surface area contributed by atoms with E-state index in [2.05, 4.69) is 23.0 Å². The van der Waals surface area contributed by atoms with Gasteiger partial charge in [0.1, 0.15) is 11.5 Å². The fourth-order valence-corrected chi connectivity index (χ4v) is 3.54. The Kier molecular flexibility index (Phi) is 2.72. The van der Waals surface area contributed by atoms with Crippen molar-refractivity contribution in [3.8, 4) is 11.5 Å². The van der Waals surface area contributed by atoms with Crippen molar-refractivity contribution in [2.24, 2.45) is 0 Å². The van der Waals surface area contributed by atoms with Gasteiger partial charge in [0.25, 0.3) is 0 Å². The minimum atomic E-state index is 0.388. The predicted octanol–water partition coefficient (Wildman–Crippen LogP) is 3.65. The topological polar surface area (TPSA) is 25.4 Å². The number of fused-ring (bicyclic) bond motifs is 5. The Morgan fingerprint density at radius 1 is 1.20 bits per heavy atom. The van der Waals surface area contributed by atoms with Crippen LogP contribution in [-0.4, -0.2) is 30.0 Å². The fraction of sp³-hybridized carbons (Fsp3) is 0.312. The van der Waals surface area contributed by atoms with Crippen molar-refractivity contribution < 1.29 is 4.74 Å². The summed E-state index contributed by atoms with van der Waals surface area (Å²) >= 11 is 6.12. The molecule has 1 aromatic carbocycles. The first-order valence-electron chi connectivity index (χ1n) is 6.83. The smallest absolute Gasteiger partial charge is 0.149 e. The minimum absolute atomic E-state index is 0.388. The van der Waals surface area contributed by atoms with Gasteiger partial charge in [-0.2, -0.15) is 0 Å². The lowest BCUT2D eigenvalue weighted by Crippen LogP contribution is -2.14. The Morgan fingerprint density at radius 3 is 2.95 bits per heavy atom. The van der Waals surface area contributed by atoms with Gasteiger partial charge in [-0.05, 0) is 36.9 Å². The summed E-state index contributed by atoms with van der Waals surface area (Å²) in [6.07, 6.45) is 1.85. The number of likely N-dealkylation sites (N-methyl/N-ethyl adjacent to an activating group) is 1. The van der Waals surface area contributed by atoms with E-state index >= 15 is 0 Å². The molecule has 0 N–H and O–H groups in total. The van der Waals surface area contributed by atoms with Crippen LogP contribution in [0, 0.1) is 0 Å². The molecule has 2 atom stereocenters. The zero-order valence-corrected chi connectivity index (χ0v) is 12.0. The SMILES string of the molecule is CN1C[C@@H]2c3ncccc3Oc3cc(Cl)ccc3[C@@H]2C1. The number of benzene rings is 1. The Labute approximate surface area is 123 Å². The standard InChI is InChI=1S/C16H15ClN2O/c1-19-8-12-11-5-4-10(17)7-15(11)20-14-3-2-6-18-16(14)13(12)9-19/h2-7,12-13H,8-9H2,1H3/t12-,13-/m0/s1. The maximum absolute atomic E-state index is 6.12. The Balaban J connectivity index is 1.93. The molecule has 3 nitrogen and oxygen atoms in total. The number of hydrogen-bond acceptors (Lipinski definition) is 3. The van der Waals surface area contributed by atoms with Gasteiger partial charge in [0, 0.05) is 36.1 Å². The number of likely N-dealkylation sites (tertiary alicyclic amines) is 1. The van der Waals surface area contributed by atoms with Crippen molar-refractivity contribution in [1.82, 2.24) is 9.88 Å². The molecule has 2 aliphatic rings. The predicted molar refractivity (Wildman–Crippen MR) is 78.7 cm³/mol. The molecule has 0 saturated carbocycles. The molecular weight excluding hydrogens is 272 g/mol. The molecule has 0 unspecified atom stereocenters. The number of halogens is 1. The van der Waals surface area contributed by atoms with Crippen molar-refractivity contribution in [1.29, 1.82) is 0 Å². The van der Waals surface area contributed by atoms with Crippen LogP contribution in [0.25, 0.3) is 0 Å². The van der Waals surface area contributed by atoms with Crippen LogP contribution in [0.2, 0.25) is 5.02 Å². The van der Waals surface area contributed by atoms with E-state index in [0.717, 1.165) is 30.3 Å². The van der Waals surface area contributed by atoms with E-state index in [1.54, 1.807) is 0 Å². The summed E-state index contributed by atoms with van der Waals surface area (Å²) in [7, 11) is 2.16. The third kappa shape index (κ3) is 1.81. The number of aromatic nitrogens is 1. The molecule has 0 radical (unpaired) electrons. The molecule has 0 amide bonds. The molecule has 1 saturated heterocycles. The Morgan fingerprint density at radius 2 is 2.05 bits per heavy atom. The van der Waals surface area contributed by atoms with E-state index < -0.39 is 0 Å². The van der Waals surface area contributed by atoms with Crippen molar-refractivity contribution in [2.45, 2.75) is 11.8 Å². The van der Waals surface area contributed by atoms with Crippen LogP contribution in [-0.2, 0) is 0 Å². The monoisotopic (exact) mass is 286 g/mol.